The number of carbonyl (C=O) groups excluding carboxylic acids is 1. The van der Waals surface area contributed by atoms with E-state index in [1.165, 1.54) is 11.8 Å². The predicted octanol–water partition coefficient (Wildman–Crippen LogP) is 2.93. The van der Waals surface area contributed by atoms with Crippen LogP contribution in [0.4, 0.5) is 0 Å². The van der Waals surface area contributed by atoms with E-state index in [4.69, 9.17) is 26.4 Å². The maximum Gasteiger partial charge on any atom is 0.266 e. The molecule has 118 valence electrons. The monoisotopic (exact) mass is 339 g/mol. The molecule has 1 fully saturated rings. The summed E-state index contributed by atoms with van der Waals surface area (Å²) in [5.74, 6) is 1.52. The zero-order valence-corrected chi connectivity index (χ0v) is 14.5. The molecule has 0 atom stereocenters. The molecule has 1 aliphatic rings. The summed E-state index contributed by atoms with van der Waals surface area (Å²) < 4.78 is 16.5. The van der Waals surface area contributed by atoms with Crippen LogP contribution in [0.15, 0.2) is 17.0 Å². The maximum atomic E-state index is 12.2. The number of ether oxygens (including phenoxy) is 3. The largest absolute Gasteiger partial charge is 0.493 e. The second kappa shape index (κ2) is 7.02. The number of thioether (sulfide) groups is 1. The summed E-state index contributed by atoms with van der Waals surface area (Å²) in [5.41, 5.74) is 0.783. The predicted molar refractivity (Wildman–Crippen MR) is 91.7 cm³/mol. The topological polar surface area (TPSA) is 48.0 Å². The van der Waals surface area contributed by atoms with E-state index in [2.05, 4.69) is 0 Å². The number of carbonyl (C=O) groups is 1. The van der Waals surface area contributed by atoms with Crippen molar-refractivity contribution in [2.24, 2.45) is 0 Å². The molecule has 0 aromatic heterocycles. The minimum Gasteiger partial charge on any atom is -0.493 e. The van der Waals surface area contributed by atoms with Crippen molar-refractivity contribution >= 4 is 40.3 Å². The van der Waals surface area contributed by atoms with Crippen molar-refractivity contribution < 1.29 is 19.0 Å². The van der Waals surface area contributed by atoms with Crippen molar-refractivity contribution in [3.63, 3.8) is 0 Å². The number of thiocarbonyl (C=S) groups is 1. The van der Waals surface area contributed by atoms with Crippen LogP contribution in [-0.2, 0) is 4.79 Å². The smallest absolute Gasteiger partial charge is 0.266 e. The molecular weight excluding hydrogens is 322 g/mol. The summed E-state index contributed by atoms with van der Waals surface area (Å²) in [5, 5.41) is 0. The van der Waals surface area contributed by atoms with Crippen LogP contribution >= 0.6 is 24.0 Å². The van der Waals surface area contributed by atoms with Crippen LogP contribution in [0.3, 0.4) is 0 Å². The molecule has 0 radical (unpaired) electrons. The van der Waals surface area contributed by atoms with Crippen molar-refractivity contribution in [2.75, 3.05) is 27.9 Å². The lowest BCUT2D eigenvalue weighted by atomic mass is 10.1. The lowest BCUT2D eigenvalue weighted by Crippen LogP contribution is -2.27. The summed E-state index contributed by atoms with van der Waals surface area (Å²) in [6, 6.07) is 3.58. The third-order valence-corrected chi connectivity index (χ3v) is 4.55. The van der Waals surface area contributed by atoms with Gasteiger partial charge in [-0.1, -0.05) is 24.0 Å². The van der Waals surface area contributed by atoms with E-state index in [0.29, 0.717) is 33.0 Å². The van der Waals surface area contributed by atoms with Gasteiger partial charge in [0.25, 0.3) is 5.91 Å². The van der Waals surface area contributed by atoms with E-state index in [9.17, 15) is 4.79 Å². The highest BCUT2D eigenvalue weighted by molar-refractivity contribution is 8.26. The summed E-state index contributed by atoms with van der Waals surface area (Å²) >= 11 is 6.50. The molecule has 0 N–H and O–H groups in total. The van der Waals surface area contributed by atoms with Gasteiger partial charge in [-0.25, -0.2) is 0 Å². The van der Waals surface area contributed by atoms with E-state index < -0.39 is 0 Å². The average molecular weight is 339 g/mol. The molecule has 1 aromatic rings. The van der Waals surface area contributed by atoms with Crippen LogP contribution in [0.2, 0.25) is 0 Å². The number of likely N-dealkylation sites (N-methyl/N-ethyl adjacent to an activating group) is 1. The van der Waals surface area contributed by atoms with Crippen molar-refractivity contribution in [3.8, 4) is 17.2 Å². The van der Waals surface area contributed by atoms with Gasteiger partial charge >= 0.3 is 0 Å². The Morgan fingerprint density at radius 3 is 2.18 bits per heavy atom. The Morgan fingerprint density at radius 1 is 1.18 bits per heavy atom. The molecule has 0 bridgehead atoms. The van der Waals surface area contributed by atoms with Gasteiger partial charge in [0.05, 0.1) is 26.2 Å². The highest BCUT2D eigenvalue weighted by atomic mass is 32.2. The maximum absolute atomic E-state index is 12.2. The SMILES string of the molecule is CCN1C(=O)/C(=C\c2cc(OC)c(OC)c(OC)c2)SC1=S. The van der Waals surface area contributed by atoms with Gasteiger partial charge in [0, 0.05) is 6.54 Å². The van der Waals surface area contributed by atoms with Gasteiger partial charge in [0.2, 0.25) is 5.75 Å². The molecule has 1 saturated heterocycles. The Labute approximate surface area is 139 Å². The van der Waals surface area contributed by atoms with Crippen molar-refractivity contribution in [2.45, 2.75) is 6.92 Å². The average Bonchev–Trinajstić information content (AvgIpc) is 2.79. The van der Waals surface area contributed by atoms with E-state index in [0.717, 1.165) is 5.56 Å². The molecule has 0 spiro atoms. The lowest BCUT2D eigenvalue weighted by Gasteiger charge is -2.13. The fraction of sp³-hybridized carbons (Fsp3) is 0.333. The quantitative estimate of drug-likeness (QED) is 0.607. The van der Waals surface area contributed by atoms with Gasteiger partial charge < -0.3 is 14.2 Å². The zero-order valence-electron chi connectivity index (χ0n) is 12.8. The fourth-order valence-corrected chi connectivity index (χ4v) is 3.49. The standard InChI is InChI=1S/C15H17NO4S2/c1-5-16-14(17)12(22-15(16)21)8-9-6-10(18-2)13(20-4)11(7-9)19-3/h6-8H,5H2,1-4H3/b12-8+. The van der Waals surface area contributed by atoms with E-state index >= 15 is 0 Å². The first-order valence-corrected chi connectivity index (χ1v) is 7.83. The number of rotatable bonds is 5. The number of hydrogen-bond acceptors (Lipinski definition) is 6. The normalized spacial score (nSPS) is 16.4. The van der Waals surface area contributed by atoms with E-state index in [1.807, 2.05) is 6.92 Å². The Hall–Kier alpha value is -1.73. The molecule has 5 nitrogen and oxygen atoms in total. The van der Waals surface area contributed by atoms with Gasteiger partial charge in [-0.2, -0.15) is 0 Å². The van der Waals surface area contributed by atoms with Crippen molar-refractivity contribution in [1.82, 2.24) is 4.90 Å². The van der Waals surface area contributed by atoms with Crippen LogP contribution in [0.1, 0.15) is 12.5 Å². The highest BCUT2D eigenvalue weighted by Crippen LogP contribution is 2.40. The van der Waals surface area contributed by atoms with Crippen LogP contribution in [0.25, 0.3) is 6.08 Å². The summed E-state index contributed by atoms with van der Waals surface area (Å²) in [7, 11) is 4.65. The molecule has 1 aliphatic heterocycles. The molecular formula is C15H17NO4S2. The van der Waals surface area contributed by atoms with Crippen LogP contribution in [0, 0.1) is 0 Å². The molecule has 0 unspecified atom stereocenters. The van der Waals surface area contributed by atoms with Gasteiger partial charge in [0.1, 0.15) is 4.32 Å². The Balaban J connectivity index is 2.44. The number of hydrogen-bond donors (Lipinski definition) is 0. The van der Waals surface area contributed by atoms with Crippen LogP contribution < -0.4 is 14.2 Å². The molecule has 1 amide bonds. The van der Waals surface area contributed by atoms with E-state index in [1.54, 1.807) is 44.4 Å². The fourth-order valence-electron chi connectivity index (χ4n) is 2.11. The molecule has 0 saturated carbocycles. The molecule has 7 heteroatoms. The van der Waals surface area contributed by atoms with Crippen LogP contribution in [-0.4, -0.2) is 43.0 Å². The molecule has 1 aromatic carbocycles. The first-order chi connectivity index (χ1) is 10.5. The first-order valence-electron chi connectivity index (χ1n) is 6.61. The summed E-state index contributed by atoms with van der Waals surface area (Å²) in [6.45, 7) is 2.46. The lowest BCUT2D eigenvalue weighted by molar-refractivity contribution is -0.121. The number of methoxy groups -OCH3 is 3. The Bertz CT molecular complexity index is 617. The van der Waals surface area contributed by atoms with Gasteiger partial charge in [-0.15, -0.1) is 0 Å². The number of nitrogens with zero attached hydrogens (tertiary/aromatic N) is 1. The molecule has 2 rings (SSSR count). The van der Waals surface area contributed by atoms with Crippen molar-refractivity contribution in [1.29, 1.82) is 0 Å². The highest BCUT2D eigenvalue weighted by Gasteiger charge is 2.30. The van der Waals surface area contributed by atoms with Gasteiger partial charge in [-0.3, -0.25) is 9.69 Å². The minimum absolute atomic E-state index is 0.0775. The number of amides is 1. The molecule has 0 aliphatic carbocycles. The third-order valence-electron chi connectivity index (χ3n) is 3.17. The third kappa shape index (κ3) is 3.05. The molecule has 1 heterocycles. The Morgan fingerprint density at radius 2 is 1.77 bits per heavy atom. The van der Waals surface area contributed by atoms with Crippen molar-refractivity contribution in [3.05, 3.63) is 22.6 Å². The first kappa shape index (κ1) is 16.6. The van der Waals surface area contributed by atoms with Gasteiger partial charge in [0.15, 0.2) is 11.5 Å². The second-order valence-corrected chi connectivity index (χ2v) is 6.06. The van der Waals surface area contributed by atoms with Crippen LogP contribution in [0.5, 0.6) is 17.2 Å². The summed E-state index contributed by atoms with van der Waals surface area (Å²) in [4.78, 5) is 14.4. The van der Waals surface area contributed by atoms with Gasteiger partial charge in [-0.05, 0) is 30.7 Å². The number of benzene rings is 1. The summed E-state index contributed by atoms with van der Waals surface area (Å²) in [6.07, 6.45) is 1.78. The van der Waals surface area contributed by atoms with E-state index in [-0.39, 0.29) is 5.91 Å². The minimum atomic E-state index is -0.0775. The second-order valence-electron chi connectivity index (χ2n) is 4.38. The zero-order chi connectivity index (χ0) is 16.3. The molecule has 22 heavy (non-hydrogen) atoms. The Kier molecular flexibility index (Phi) is 5.31.